The Morgan fingerprint density at radius 2 is 2.05 bits per heavy atom. The smallest absolute Gasteiger partial charge is 0.158 e. The summed E-state index contributed by atoms with van der Waals surface area (Å²) in [7, 11) is 1.88. The molecule has 2 atom stereocenters. The molecule has 2 unspecified atom stereocenters. The number of thioether (sulfide) groups is 1. The van der Waals surface area contributed by atoms with Crippen LogP contribution in [0.15, 0.2) is 6.07 Å². The molecule has 2 rings (SSSR count). The monoisotopic (exact) mass is 296 g/mol. The van der Waals surface area contributed by atoms with Crippen molar-refractivity contribution in [3.8, 4) is 0 Å². The highest BCUT2D eigenvalue weighted by molar-refractivity contribution is 8.00. The molecular formula is C14H24N4OS. The molecule has 1 aromatic rings. The molecule has 1 aliphatic heterocycles. The largest absolute Gasteiger partial charge is 0.374 e. The Bertz CT molecular complexity index is 433. The van der Waals surface area contributed by atoms with Gasteiger partial charge in [-0.3, -0.25) is 0 Å². The van der Waals surface area contributed by atoms with Crippen LogP contribution in [-0.2, 0) is 11.3 Å². The van der Waals surface area contributed by atoms with E-state index in [4.69, 9.17) is 4.74 Å². The highest BCUT2D eigenvalue weighted by atomic mass is 32.2. The number of hydrogen-bond acceptors (Lipinski definition) is 6. The predicted molar refractivity (Wildman–Crippen MR) is 85.6 cm³/mol. The first-order chi connectivity index (χ1) is 9.62. The highest BCUT2D eigenvalue weighted by Crippen LogP contribution is 2.28. The van der Waals surface area contributed by atoms with E-state index < -0.39 is 0 Å². The van der Waals surface area contributed by atoms with Gasteiger partial charge < -0.3 is 15.0 Å². The van der Waals surface area contributed by atoms with E-state index in [0.29, 0.717) is 23.7 Å². The van der Waals surface area contributed by atoms with Gasteiger partial charge in [0.25, 0.3) is 0 Å². The van der Waals surface area contributed by atoms with E-state index in [1.807, 2.05) is 31.8 Å². The molecular weight excluding hydrogens is 272 g/mol. The van der Waals surface area contributed by atoms with Crippen molar-refractivity contribution in [1.29, 1.82) is 0 Å². The number of nitrogens with one attached hydrogen (secondary N) is 1. The van der Waals surface area contributed by atoms with Crippen LogP contribution in [0.4, 0.5) is 11.6 Å². The highest BCUT2D eigenvalue weighted by Gasteiger charge is 2.24. The van der Waals surface area contributed by atoms with Crippen LogP contribution in [0.25, 0.3) is 0 Å². The van der Waals surface area contributed by atoms with E-state index in [2.05, 4.69) is 34.0 Å². The Morgan fingerprint density at radius 1 is 1.35 bits per heavy atom. The molecule has 1 fully saturated rings. The van der Waals surface area contributed by atoms with Crippen molar-refractivity contribution >= 4 is 23.4 Å². The minimum absolute atomic E-state index is 0.465. The Balaban J connectivity index is 2.20. The van der Waals surface area contributed by atoms with Crippen molar-refractivity contribution in [3.63, 3.8) is 0 Å². The van der Waals surface area contributed by atoms with Crippen LogP contribution in [-0.4, -0.2) is 47.2 Å². The maximum absolute atomic E-state index is 5.43. The summed E-state index contributed by atoms with van der Waals surface area (Å²) in [6, 6.07) is 2.02. The summed E-state index contributed by atoms with van der Waals surface area (Å²) in [5.41, 5.74) is 0. The lowest BCUT2D eigenvalue weighted by Gasteiger charge is -2.35. The summed E-state index contributed by atoms with van der Waals surface area (Å²) in [5, 5.41) is 4.36. The van der Waals surface area contributed by atoms with Crippen molar-refractivity contribution < 1.29 is 4.74 Å². The quantitative estimate of drug-likeness (QED) is 0.900. The molecule has 6 heteroatoms. The molecule has 0 aliphatic carbocycles. The summed E-state index contributed by atoms with van der Waals surface area (Å²) in [5.74, 6) is 2.59. The SMILES string of the molecule is CCOCc1nc(NC)cc(N2CC(C)SC(C)C2)n1. The summed E-state index contributed by atoms with van der Waals surface area (Å²) >= 11 is 2.04. The zero-order valence-corrected chi connectivity index (χ0v) is 13.5. The maximum atomic E-state index is 5.43. The van der Waals surface area contributed by atoms with Crippen molar-refractivity contribution in [1.82, 2.24) is 9.97 Å². The lowest BCUT2D eigenvalue weighted by molar-refractivity contribution is 0.128. The van der Waals surface area contributed by atoms with Gasteiger partial charge in [0.15, 0.2) is 5.82 Å². The van der Waals surface area contributed by atoms with Gasteiger partial charge in [-0.15, -0.1) is 0 Å². The van der Waals surface area contributed by atoms with Crippen molar-refractivity contribution in [2.75, 3.05) is 37.0 Å². The molecule has 0 radical (unpaired) electrons. The van der Waals surface area contributed by atoms with Gasteiger partial charge in [-0.2, -0.15) is 11.8 Å². The average molecular weight is 296 g/mol. The summed E-state index contributed by atoms with van der Waals surface area (Å²) in [6.45, 7) is 9.73. The van der Waals surface area contributed by atoms with Crippen LogP contribution in [0.5, 0.6) is 0 Å². The minimum Gasteiger partial charge on any atom is -0.374 e. The van der Waals surface area contributed by atoms with E-state index >= 15 is 0 Å². The van der Waals surface area contributed by atoms with Crippen LogP contribution in [0.1, 0.15) is 26.6 Å². The lowest BCUT2D eigenvalue weighted by Crippen LogP contribution is -2.41. The summed E-state index contributed by atoms with van der Waals surface area (Å²) in [4.78, 5) is 11.4. The van der Waals surface area contributed by atoms with Crippen LogP contribution >= 0.6 is 11.8 Å². The average Bonchev–Trinajstić information content (AvgIpc) is 2.43. The number of aromatic nitrogens is 2. The van der Waals surface area contributed by atoms with E-state index in [0.717, 1.165) is 30.5 Å². The second-order valence-electron chi connectivity index (χ2n) is 5.08. The number of nitrogens with zero attached hydrogens (tertiary/aromatic N) is 3. The fourth-order valence-corrected chi connectivity index (χ4v) is 3.72. The fraction of sp³-hybridized carbons (Fsp3) is 0.714. The molecule has 0 spiro atoms. The molecule has 0 aromatic carbocycles. The molecule has 0 amide bonds. The normalized spacial score (nSPS) is 22.9. The Morgan fingerprint density at radius 3 is 2.65 bits per heavy atom. The van der Waals surface area contributed by atoms with Gasteiger partial charge in [-0.05, 0) is 6.92 Å². The molecule has 5 nitrogen and oxygen atoms in total. The number of rotatable bonds is 5. The number of hydrogen-bond donors (Lipinski definition) is 1. The molecule has 20 heavy (non-hydrogen) atoms. The van der Waals surface area contributed by atoms with Crippen molar-refractivity contribution in [3.05, 3.63) is 11.9 Å². The van der Waals surface area contributed by atoms with Gasteiger partial charge in [-0.25, -0.2) is 9.97 Å². The Hall–Kier alpha value is -1.01. The first-order valence-corrected chi connectivity index (χ1v) is 8.10. The molecule has 1 aliphatic rings. The minimum atomic E-state index is 0.465. The molecule has 1 N–H and O–H groups in total. The lowest BCUT2D eigenvalue weighted by atomic mass is 10.3. The zero-order chi connectivity index (χ0) is 14.5. The summed E-state index contributed by atoms with van der Waals surface area (Å²) < 4.78 is 5.43. The first-order valence-electron chi connectivity index (χ1n) is 7.16. The Labute approximate surface area is 125 Å². The molecule has 0 saturated carbocycles. The fourth-order valence-electron chi connectivity index (χ4n) is 2.40. The van der Waals surface area contributed by atoms with Crippen molar-refractivity contribution in [2.45, 2.75) is 37.9 Å². The second-order valence-corrected chi connectivity index (χ2v) is 6.96. The predicted octanol–water partition coefficient (Wildman–Crippen LogP) is 2.39. The van der Waals surface area contributed by atoms with Gasteiger partial charge in [0.05, 0.1) is 0 Å². The van der Waals surface area contributed by atoms with Crippen LogP contribution in [0.2, 0.25) is 0 Å². The third kappa shape index (κ3) is 3.99. The standard InChI is InChI=1S/C14H24N4OS/c1-5-19-9-13-16-12(15-4)6-14(17-13)18-7-10(2)20-11(3)8-18/h6,10-11H,5,7-9H2,1-4H3,(H,15,16,17). The molecule has 1 saturated heterocycles. The van der Waals surface area contributed by atoms with Crippen LogP contribution in [0, 0.1) is 0 Å². The van der Waals surface area contributed by atoms with E-state index in [9.17, 15) is 0 Å². The zero-order valence-electron chi connectivity index (χ0n) is 12.7. The third-order valence-corrected chi connectivity index (χ3v) is 4.42. The summed E-state index contributed by atoms with van der Waals surface area (Å²) in [6.07, 6.45) is 0. The molecule has 1 aromatic heterocycles. The van der Waals surface area contributed by atoms with Crippen LogP contribution < -0.4 is 10.2 Å². The van der Waals surface area contributed by atoms with E-state index in [-0.39, 0.29) is 0 Å². The van der Waals surface area contributed by atoms with Gasteiger partial charge in [0.2, 0.25) is 0 Å². The van der Waals surface area contributed by atoms with E-state index in [1.54, 1.807) is 0 Å². The molecule has 0 bridgehead atoms. The molecule has 112 valence electrons. The number of ether oxygens (including phenoxy) is 1. The molecule has 2 heterocycles. The number of anilines is 2. The van der Waals surface area contributed by atoms with Gasteiger partial charge in [-0.1, -0.05) is 13.8 Å². The maximum Gasteiger partial charge on any atom is 0.158 e. The van der Waals surface area contributed by atoms with Gasteiger partial charge >= 0.3 is 0 Å². The Kier molecular flexibility index (Phi) is 5.48. The van der Waals surface area contributed by atoms with Crippen molar-refractivity contribution in [2.24, 2.45) is 0 Å². The van der Waals surface area contributed by atoms with E-state index in [1.165, 1.54) is 0 Å². The van der Waals surface area contributed by atoms with Gasteiger partial charge in [0.1, 0.15) is 18.2 Å². The van der Waals surface area contributed by atoms with Crippen LogP contribution in [0.3, 0.4) is 0 Å². The van der Waals surface area contributed by atoms with Gasteiger partial charge in [0, 0.05) is 43.3 Å². The second kappa shape index (κ2) is 7.13. The topological polar surface area (TPSA) is 50.3 Å². The first kappa shape index (κ1) is 15.4. The third-order valence-electron chi connectivity index (χ3n) is 3.19.